The van der Waals surface area contributed by atoms with Gasteiger partial charge in [-0.2, -0.15) is 0 Å². The predicted octanol–water partition coefficient (Wildman–Crippen LogP) is 13.0. The summed E-state index contributed by atoms with van der Waals surface area (Å²) in [6.45, 7) is 8.51. The number of carbonyl (C=O) groups excluding carboxylic acids is 2. The van der Waals surface area contributed by atoms with Crippen LogP contribution in [0.15, 0.2) is 0 Å². The lowest BCUT2D eigenvalue weighted by molar-refractivity contribution is -0.143. The van der Waals surface area contributed by atoms with Gasteiger partial charge in [-0.3, -0.25) is 9.59 Å². The molecule has 0 heterocycles. The Balaban J connectivity index is 3.81. The molecule has 0 bridgehead atoms. The molecular formula is C39H78N2O4S6. The molecular weight excluding hydrogens is 753 g/mol. The van der Waals surface area contributed by atoms with Gasteiger partial charge in [-0.1, -0.05) is 173 Å². The second-order valence-electron chi connectivity index (χ2n) is 13.7. The lowest BCUT2D eigenvalue weighted by atomic mass is 10.1. The number of hydrogen-bond acceptors (Lipinski definition) is 12. The van der Waals surface area contributed by atoms with Gasteiger partial charge in [0.05, 0.1) is 12.8 Å². The Morgan fingerprint density at radius 2 is 0.784 bits per heavy atom. The third-order valence-corrected chi connectivity index (χ3v) is 17.1. The summed E-state index contributed by atoms with van der Waals surface area (Å²) in [5, 5.41) is 0. The van der Waals surface area contributed by atoms with Crippen LogP contribution in [0.25, 0.3) is 0 Å². The maximum absolute atomic E-state index is 12.4. The maximum Gasteiger partial charge on any atom is 0.307 e. The van der Waals surface area contributed by atoms with Crippen molar-refractivity contribution in [3.05, 3.63) is 0 Å². The van der Waals surface area contributed by atoms with E-state index >= 15 is 0 Å². The molecule has 0 aromatic heterocycles. The van der Waals surface area contributed by atoms with Crippen LogP contribution in [0.3, 0.4) is 0 Å². The molecule has 6 nitrogen and oxygen atoms in total. The Morgan fingerprint density at radius 1 is 0.431 bits per heavy atom. The highest BCUT2D eigenvalue weighted by Crippen LogP contribution is 2.35. The fourth-order valence-corrected chi connectivity index (χ4v) is 12.8. The van der Waals surface area contributed by atoms with Crippen molar-refractivity contribution < 1.29 is 19.1 Å². The van der Waals surface area contributed by atoms with Gasteiger partial charge in [0, 0.05) is 36.1 Å². The van der Waals surface area contributed by atoms with E-state index < -0.39 is 0 Å². The van der Waals surface area contributed by atoms with E-state index in [4.69, 9.17) is 9.47 Å². The molecule has 0 unspecified atom stereocenters. The highest BCUT2D eigenvalue weighted by atomic mass is 33.5. The molecule has 304 valence electrons. The third-order valence-electron chi connectivity index (χ3n) is 8.56. The second kappa shape index (κ2) is 43.7. The van der Waals surface area contributed by atoms with Crippen molar-refractivity contribution in [1.29, 1.82) is 0 Å². The molecule has 0 rings (SSSR count). The minimum Gasteiger partial charge on any atom is -0.465 e. The van der Waals surface area contributed by atoms with Crippen molar-refractivity contribution >= 4 is 74.8 Å². The van der Waals surface area contributed by atoms with Gasteiger partial charge in [0.2, 0.25) is 0 Å². The van der Waals surface area contributed by atoms with Crippen LogP contribution in [0, 0.1) is 0 Å². The fourth-order valence-electron chi connectivity index (χ4n) is 5.47. The lowest BCUT2D eigenvalue weighted by Gasteiger charge is -2.22. The number of ether oxygens (including phenoxy) is 2. The normalized spacial score (nSPS) is 11.6. The van der Waals surface area contributed by atoms with E-state index in [1.165, 1.54) is 140 Å². The molecule has 0 fully saturated rings. The number of carbonyl (C=O) groups is 2. The van der Waals surface area contributed by atoms with Gasteiger partial charge in [-0.15, -0.1) is 0 Å². The van der Waals surface area contributed by atoms with Crippen LogP contribution in [0.1, 0.15) is 162 Å². The number of hydrogen-bond donors (Lipinski definition) is 0. The zero-order chi connectivity index (χ0) is 37.3. The number of esters is 2. The number of unbranched alkanes of at least 4 members (excludes halogenated alkanes) is 18. The van der Waals surface area contributed by atoms with Crippen molar-refractivity contribution in [3.8, 4) is 0 Å². The summed E-state index contributed by atoms with van der Waals surface area (Å²) in [7, 11) is 15.2. The smallest absolute Gasteiger partial charge is 0.307 e. The molecule has 0 aliphatic rings. The van der Waals surface area contributed by atoms with Gasteiger partial charge >= 0.3 is 11.9 Å². The first-order valence-corrected chi connectivity index (χ1v) is 28.1. The van der Waals surface area contributed by atoms with Crippen molar-refractivity contribution in [2.45, 2.75) is 162 Å². The quantitative estimate of drug-likeness (QED) is 0.0334. The van der Waals surface area contributed by atoms with Crippen molar-refractivity contribution in [1.82, 2.24) is 9.80 Å². The van der Waals surface area contributed by atoms with Crippen LogP contribution in [0.5, 0.6) is 0 Å². The largest absolute Gasteiger partial charge is 0.465 e. The molecule has 0 aliphatic carbocycles. The van der Waals surface area contributed by atoms with E-state index in [9.17, 15) is 9.59 Å². The zero-order valence-electron chi connectivity index (χ0n) is 33.3. The van der Waals surface area contributed by atoms with Crippen LogP contribution in [-0.2, 0) is 19.1 Å². The third kappa shape index (κ3) is 43.6. The Labute approximate surface area is 339 Å². The van der Waals surface area contributed by atoms with Gasteiger partial charge in [0.25, 0.3) is 0 Å². The summed E-state index contributed by atoms with van der Waals surface area (Å²) >= 11 is 0. The topological polar surface area (TPSA) is 59.1 Å². The van der Waals surface area contributed by atoms with Crippen LogP contribution >= 0.6 is 62.8 Å². The van der Waals surface area contributed by atoms with Crippen LogP contribution < -0.4 is 0 Å². The molecule has 51 heavy (non-hydrogen) atoms. The van der Waals surface area contributed by atoms with E-state index in [1.807, 2.05) is 41.2 Å². The summed E-state index contributed by atoms with van der Waals surface area (Å²) in [6, 6.07) is 0. The predicted molar refractivity (Wildman–Crippen MR) is 239 cm³/mol. The van der Waals surface area contributed by atoms with Crippen LogP contribution in [-0.4, -0.2) is 98.2 Å². The number of nitrogens with zero attached hydrogens (tertiary/aromatic N) is 2. The molecule has 0 radical (unpaired) electrons. The van der Waals surface area contributed by atoms with Crippen molar-refractivity contribution in [2.24, 2.45) is 0 Å². The summed E-state index contributed by atoms with van der Waals surface area (Å²) in [5.41, 5.74) is 0. The maximum atomic E-state index is 12.4. The molecule has 0 N–H and O–H groups in total. The fraction of sp³-hybridized carbons (Fsp3) is 0.949. The molecule has 0 saturated heterocycles. The molecule has 0 spiro atoms. The molecule has 0 atom stereocenters. The Kier molecular flexibility index (Phi) is 44.5. The highest BCUT2D eigenvalue weighted by molar-refractivity contribution is 9.09. The van der Waals surface area contributed by atoms with Crippen molar-refractivity contribution in [2.75, 3.05) is 76.5 Å². The van der Waals surface area contributed by atoms with E-state index in [1.54, 1.807) is 21.6 Å². The molecule has 0 aliphatic heterocycles. The van der Waals surface area contributed by atoms with Crippen LogP contribution in [0.4, 0.5) is 0 Å². The first kappa shape index (κ1) is 52.0. The minimum absolute atomic E-state index is 0.153. The van der Waals surface area contributed by atoms with Gasteiger partial charge < -0.3 is 19.3 Å². The average Bonchev–Trinajstić information content (AvgIpc) is 3.12. The summed E-state index contributed by atoms with van der Waals surface area (Å²) < 4.78 is 11.0. The van der Waals surface area contributed by atoms with Gasteiger partial charge in [0.15, 0.2) is 0 Å². The summed E-state index contributed by atoms with van der Waals surface area (Å²) in [6.07, 6.45) is 29.2. The molecule has 0 saturated carbocycles. The zero-order valence-corrected chi connectivity index (χ0v) is 38.2. The SMILES string of the molecule is CCCCCCCCCCCCSSSCCOC(=O)CCN(CCCN(C)C)CCC(=O)OCCSSSCCCCCCCCCCCC. The van der Waals surface area contributed by atoms with E-state index in [-0.39, 0.29) is 11.9 Å². The molecule has 0 amide bonds. The minimum atomic E-state index is -0.153. The number of rotatable bonds is 42. The van der Waals surface area contributed by atoms with Crippen molar-refractivity contribution in [3.63, 3.8) is 0 Å². The Morgan fingerprint density at radius 3 is 1.16 bits per heavy atom. The Hall–Kier alpha value is 0.960. The lowest BCUT2D eigenvalue weighted by Crippen LogP contribution is -2.32. The van der Waals surface area contributed by atoms with Gasteiger partial charge in [-0.05, 0) is 66.1 Å². The molecule has 0 aromatic rings. The van der Waals surface area contributed by atoms with Gasteiger partial charge in [0.1, 0.15) is 13.2 Å². The molecule has 0 aromatic carbocycles. The molecule has 12 heteroatoms. The first-order valence-electron chi connectivity index (χ1n) is 20.5. The Bertz CT molecular complexity index is 690. The first-order chi connectivity index (χ1) is 25.0. The standard InChI is InChI=1S/C39H78N2O4S6/c1-5-7-9-11-13-15-17-19-21-23-34-46-50-48-36-32-44-38(42)26-30-41(29-25-28-40(3)4)31-27-39(43)45-33-37-49-51-47-35-24-22-20-18-16-14-12-10-8-6-2/h5-37H2,1-4H3. The summed E-state index contributed by atoms with van der Waals surface area (Å²) in [5.74, 6) is 3.71. The van der Waals surface area contributed by atoms with E-state index in [0.717, 1.165) is 31.0 Å². The van der Waals surface area contributed by atoms with Crippen LogP contribution in [0.2, 0.25) is 0 Å². The average molecular weight is 831 g/mol. The van der Waals surface area contributed by atoms with E-state index in [2.05, 4.69) is 37.7 Å². The summed E-state index contributed by atoms with van der Waals surface area (Å²) in [4.78, 5) is 29.2. The monoisotopic (exact) mass is 830 g/mol. The second-order valence-corrected chi connectivity index (χ2v) is 22.7. The van der Waals surface area contributed by atoms with E-state index in [0.29, 0.717) is 39.1 Å². The van der Waals surface area contributed by atoms with Gasteiger partial charge in [-0.25, -0.2) is 0 Å². The highest BCUT2D eigenvalue weighted by Gasteiger charge is 2.13.